The van der Waals surface area contributed by atoms with E-state index in [0.717, 1.165) is 24.2 Å². The number of aromatic nitrogens is 2. The molecule has 1 aromatic heterocycles. The predicted octanol–water partition coefficient (Wildman–Crippen LogP) is 5.24. The Balaban J connectivity index is 2.14. The summed E-state index contributed by atoms with van der Waals surface area (Å²) in [6.45, 7) is 3.73. The van der Waals surface area contributed by atoms with Gasteiger partial charge in [0.1, 0.15) is 11.6 Å². The number of thioether (sulfide) groups is 1. The third kappa shape index (κ3) is 2.68. The van der Waals surface area contributed by atoms with Crippen molar-refractivity contribution in [1.82, 2.24) is 9.55 Å². The molecule has 0 spiro atoms. The molecule has 1 aliphatic carbocycles. The van der Waals surface area contributed by atoms with Crippen molar-refractivity contribution in [3.8, 4) is 0 Å². The molecule has 3 atom stereocenters. The molecule has 114 valence electrons. The van der Waals surface area contributed by atoms with E-state index in [4.69, 9.17) is 11.6 Å². The number of benzene rings is 1. The Hall–Kier alpha value is -0.740. The van der Waals surface area contributed by atoms with E-state index in [1.165, 1.54) is 12.5 Å². The van der Waals surface area contributed by atoms with Crippen LogP contribution < -0.4 is 0 Å². The summed E-state index contributed by atoms with van der Waals surface area (Å²) in [5.41, 5.74) is 2.40. The topological polar surface area (TPSA) is 17.8 Å². The third-order valence-corrected chi connectivity index (χ3v) is 5.70. The Morgan fingerprint density at radius 3 is 2.81 bits per heavy atom. The molecule has 0 bridgehead atoms. The molecule has 1 fully saturated rings. The van der Waals surface area contributed by atoms with Gasteiger partial charge in [-0.2, -0.15) is 11.8 Å². The number of imidazole rings is 1. The second kappa shape index (κ2) is 5.81. The van der Waals surface area contributed by atoms with Gasteiger partial charge in [0.2, 0.25) is 0 Å². The first kappa shape index (κ1) is 15.2. The van der Waals surface area contributed by atoms with Crippen molar-refractivity contribution in [1.29, 1.82) is 0 Å². The molecule has 1 heterocycles. The average Bonchev–Trinajstić information content (AvgIpc) is 3.03. The lowest BCUT2D eigenvalue weighted by molar-refractivity contribution is 0.511. The fraction of sp³-hybridized carbons (Fsp3) is 0.562. The minimum atomic E-state index is -0.200. The van der Waals surface area contributed by atoms with Crippen LogP contribution in [0.15, 0.2) is 12.1 Å². The lowest BCUT2D eigenvalue weighted by Crippen LogP contribution is -2.11. The van der Waals surface area contributed by atoms with Crippen molar-refractivity contribution in [3.05, 3.63) is 29.3 Å². The first-order chi connectivity index (χ1) is 10.0. The third-order valence-electron chi connectivity index (χ3n) is 4.41. The standard InChI is InChI=1S/C16H20ClFN2S/c1-9-6-15-14(8-13(9)18)19-16(10(2)17)20(15)11-4-5-12(7-11)21-3/h6,8,10-12H,4-5,7H2,1-3H3. The fourth-order valence-electron chi connectivity index (χ4n) is 3.27. The fourth-order valence-corrected chi connectivity index (χ4v) is 4.21. The van der Waals surface area contributed by atoms with Crippen LogP contribution >= 0.6 is 23.4 Å². The zero-order chi connectivity index (χ0) is 15.1. The van der Waals surface area contributed by atoms with E-state index >= 15 is 0 Å². The Morgan fingerprint density at radius 1 is 1.43 bits per heavy atom. The van der Waals surface area contributed by atoms with E-state index in [1.807, 2.05) is 24.8 Å². The molecule has 1 aliphatic rings. The molecule has 3 rings (SSSR count). The van der Waals surface area contributed by atoms with Gasteiger partial charge in [0.15, 0.2) is 0 Å². The molecule has 0 amide bonds. The van der Waals surface area contributed by atoms with E-state index in [9.17, 15) is 4.39 Å². The first-order valence-electron chi connectivity index (χ1n) is 7.36. The SMILES string of the molecule is CSC1CCC(n2c(C(C)Cl)nc3cc(F)c(C)cc32)C1. The van der Waals surface area contributed by atoms with E-state index in [1.54, 1.807) is 6.92 Å². The summed E-state index contributed by atoms with van der Waals surface area (Å²) in [6.07, 6.45) is 5.68. The number of fused-ring (bicyclic) bond motifs is 1. The predicted molar refractivity (Wildman–Crippen MR) is 88.9 cm³/mol. The highest BCUT2D eigenvalue weighted by molar-refractivity contribution is 7.99. The van der Waals surface area contributed by atoms with E-state index < -0.39 is 0 Å². The van der Waals surface area contributed by atoms with Gasteiger partial charge in [0.25, 0.3) is 0 Å². The van der Waals surface area contributed by atoms with Crippen LogP contribution in [0.3, 0.4) is 0 Å². The van der Waals surface area contributed by atoms with Crippen LogP contribution in [0.2, 0.25) is 0 Å². The van der Waals surface area contributed by atoms with Crippen LogP contribution in [-0.4, -0.2) is 21.1 Å². The van der Waals surface area contributed by atoms with Crippen molar-refractivity contribution in [2.75, 3.05) is 6.26 Å². The largest absolute Gasteiger partial charge is 0.324 e. The summed E-state index contributed by atoms with van der Waals surface area (Å²) in [5.74, 6) is 0.665. The number of hydrogen-bond donors (Lipinski definition) is 0. The monoisotopic (exact) mass is 326 g/mol. The number of alkyl halides is 1. The smallest absolute Gasteiger partial charge is 0.128 e. The highest BCUT2D eigenvalue weighted by Gasteiger charge is 2.29. The summed E-state index contributed by atoms with van der Waals surface area (Å²) >= 11 is 8.26. The number of hydrogen-bond acceptors (Lipinski definition) is 2. The molecular formula is C16H20ClFN2S. The van der Waals surface area contributed by atoms with Crippen LogP contribution in [0.5, 0.6) is 0 Å². The van der Waals surface area contributed by atoms with Crippen molar-refractivity contribution in [3.63, 3.8) is 0 Å². The van der Waals surface area contributed by atoms with Crippen molar-refractivity contribution in [2.24, 2.45) is 0 Å². The maximum Gasteiger partial charge on any atom is 0.128 e. The number of halogens is 2. The molecule has 21 heavy (non-hydrogen) atoms. The van der Waals surface area contributed by atoms with Crippen LogP contribution in [0.4, 0.5) is 4.39 Å². The summed E-state index contributed by atoms with van der Waals surface area (Å²) < 4.78 is 16.1. The molecule has 0 N–H and O–H groups in total. The van der Waals surface area contributed by atoms with Gasteiger partial charge in [0.05, 0.1) is 16.4 Å². The molecule has 2 nitrogen and oxygen atoms in total. The molecule has 1 saturated carbocycles. The van der Waals surface area contributed by atoms with Crippen LogP contribution in [0.25, 0.3) is 11.0 Å². The maximum atomic E-state index is 13.8. The second-order valence-electron chi connectivity index (χ2n) is 5.87. The van der Waals surface area contributed by atoms with Gasteiger partial charge in [-0.3, -0.25) is 0 Å². The van der Waals surface area contributed by atoms with Gasteiger partial charge in [-0.1, -0.05) is 0 Å². The molecule has 0 aliphatic heterocycles. The summed E-state index contributed by atoms with van der Waals surface area (Å²) in [5, 5.41) is 0.529. The Bertz CT molecular complexity index is 668. The van der Waals surface area contributed by atoms with Crippen LogP contribution in [-0.2, 0) is 0 Å². The van der Waals surface area contributed by atoms with Gasteiger partial charge in [-0.05, 0) is 51.0 Å². The van der Waals surface area contributed by atoms with Gasteiger partial charge in [-0.15, -0.1) is 11.6 Å². The molecule has 2 aromatic rings. The number of nitrogens with zero attached hydrogens (tertiary/aromatic N) is 2. The molecule has 1 aromatic carbocycles. The molecular weight excluding hydrogens is 307 g/mol. The highest BCUT2D eigenvalue weighted by Crippen LogP contribution is 2.40. The minimum Gasteiger partial charge on any atom is -0.324 e. The molecule has 3 unspecified atom stereocenters. The summed E-state index contributed by atoms with van der Waals surface area (Å²) in [4.78, 5) is 4.59. The minimum absolute atomic E-state index is 0.172. The zero-order valence-corrected chi connectivity index (χ0v) is 14.1. The van der Waals surface area contributed by atoms with Crippen LogP contribution in [0.1, 0.15) is 49.0 Å². The van der Waals surface area contributed by atoms with Crippen molar-refractivity contribution < 1.29 is 4.39 Å². The highest BCUT2D eigenvalue weighted by atomic mass is 35.5. The Labute approximate surface area is 134 Å². The van der Waals surface area contributed by atoms with Gasteiger partial charge < -0.3 is 4.57 Å². The van der Waals surface area contributed by atoms with E-state index in [0.29, 0.717) is 22.4 Å². The van der Waals surface area contributed by atoms with Crippen LogP contribution in [0, 0.1) is 12.7 Å². The molecule has 0 saturated heterocycles. The quantitative estimate of drug-likeness (QED) is 0.718. The number of aryl methyl sites for hydroxylation is 1. The molecule has 5 heteroatoms. The molecule has 0 radical (unpaired) electrons. The van der Waals surface area contributed by atoms with Crippen molar-refractivity contribution >= 4 is 34.4 Å². The van der Waals surface area contributed by atoms with E-state index in [-0.39, 0.29) is 11.2 Å². The normalized spacial score (nSPS) is 23.9. The van der Waals surface area contributed by atoms with E-state index in [2.05, 4.69) is 15.8 Å². The lowest BCUT2D eigenvalue weighted by atomic mass is 10.2. The zero-order valence-electron chi connectivity index (χ0n) is 12.6. The summed E-state index contributed by atoms with van der Waals surface area (Å²) in [6, 6.07) is 3.87. The number of rotatable bonds is 3. The Morgan fingerprint density at radius 2 is 2.19 bits per heavy atom. The second-order valence-corrected chi connectivity index (χ2v) is 7.66. The van der Waals surface area contributed by atoms with Gasteiger partial charge in [0, 0.05) is 17.4 Å². The van der Waals surface area contributed by atoms with Gasteiger partial charge in [-0.25, -0.2) is 9.37 Å². The maximum absolute atomic E-state index is 13.8. The average molecular weight is 327 g/mol. The first-order valence-corrected chi connectivity index (χ1v) is 9.08. The van der Waals surface area contributed by atoms with Crippen molar-refractivity contribution in [2.45, 2.75) is 49.8 Å². The van der Waals surface area contributed by atoms with Gasteiger partial charge >= 0.3 is 0 Å². The Kier molecular flexibility index (Phi) is 4.19. The lowest BCUT2D eigenvalue weighted by Gasteiger charge is -2.18. The summed E-state index contributed by atoms with van der Waals surface area (Å²) in [7, 11) is 0.